The SMILES string of the molecule is COc1ccc(Cn2cnc3[nH]c(=O)n(Cc4ccccc4C#N)c(=O)c32)cc1. The fourth-order valence-electron chi connectivity index (χ4n) is 3.22. The molecule has 0 amide bonds. The van der Waals surface area contributed by atoms with Crippen LogP contribution in [0, 0.1) is 11.3 Å². The van der Waals surface area contributed by atoms with E-state index in [0.717, 1.165) is 15.9 Å². The fourth-order valence-corrected chi connectivity index (χ4v) is 3.22. The van der Waals surface area contributed by atoms with Crippen molar-refractivity contribution in [2.75, 3.05) is 7.11 Å². The van der Waals surface area contributed by atoms with Crippen molar-refractivity contribution >= 4 is 11.2 Å². The predicted molar refractivity (Wildman–Crippen MR) is 107 cm³/mol. The highest BCUT2D eigenvalue weighted by atomic mass is 16.5. The number of benzene rings is 2. The third kappa shape index (κ3) is 3.41. The van der Waals surface area contributed by atoms with Gasteiger partial charge in [-0.15, -0.1) is 0 Å². The van der Waals surface area contributed by atoms with Gasteiger partial charge < -0.3 is 9.30 Å². The number of H-pyrrole nitrogens is 1. The van der Waals surface area contributed by atoms with Crippen LogP contribution < -0.4 is 16.0 Å². The maximum atomic E-state index is 13.1. The van der Waals surface area contributed by atoms with Gasteiger partial charge in [-0.05, 0) is 29.3 Å². The molecule has 0 unspecified atom stereocenters. The van der Waals surface area contributed by atoms with E-state index in [9.17, 15) is 14.9 Å². The molecule has 0 saturated heterocycles. The van der Waals surface area contributed by atoms with Crippen LogP contribution in [0.4, 0.5) is 0 Å². The van der Waals surface area contributed by atoms with E-state index in [4.69, 9.17) is 4.74 Å². The Morgan fingerprint density at radius 3 is 2.59 bits per heavy atom. The molecule has 8 nitrogen and oxygen atoms in total. The summed E-state index contributed by atoms with van der Waals surface area (Å²) in [6.45, 7) is 0.415. The predicted octanol–water partition coefficient (Wildman–Crippen LogP) is 1.86. The van der Waals surface area contributed by atoms with Gasteiger partial charge in [0.2, 0.25) is 0 Å². The van der Waals surface area contributed by atoms with Crippen molar-refractivity contribution < 1.29 is 4.74 Å². The van der Waals surface area contributed by atoms with E-state index in [0.29, 0.717) is 23.2 Å². The van der Waals surface area contributed by atoms with E-state index in [1.165, 1.54) is 6.33 Å². The molecule has 0 spiro atoms. The Hall–Kier alpha value is -4.12. The maximum Gasteiger partial charge on any atom is 0.330 e. The van der Waals surface area contributed by atoms with Crippen molar-refractivity contribution in [3.63, 3.8) is 0 Å². The quantitative estimate of drug-likeness (QED) is 0.563. The van der Waals surface area contributed by atoms with Crippen molar-refractivity contribution in [2.45, 2.75) is 13.1 Å². The summed E-state index contributed by atoms with van der Waals surface area (Å²) in [4.78, 5) is 32.4. The van der Waals surface area contributed by atoms with Gasteiger partial charge in [-0.25, -0.2) is 9.78 Å². The molecule has 2 aromatic heterocycles. The Morgan fingerprint density at radius 1 is 1.10 bits per heavy atom. The molecule has 0 radical (unpaired) electrons. The summed E-state index contributed by atoms with van der Waals surface area (Å²) in [5.41, 5.74) is 1.49. The van der Waals surface area contributed by atoms with Crippen LogP contribution in [0.5, 0.6) is 5.75 Å². The number of nitrogens with zero attached hydrogens (tertiary/aromatic N) is 4. The van der Waals surface area contributed by atoms with Gasteiger partial charge in [-0.3, -0.25) is 14.3 Å². The fraction of sp³-hybridized carbons (Fsp3) is 0.143. The van der Waals surface area contributed by atoms with Crippen LogP contribution >= 0.6 is 0 Å². The minimum atomic E-state index is -0.565. The molecule has 144 valence electrons. The number of nitriles is 1. The first-order chi connectivity index (χ1) is 14.1. The number of imidazole rings is 1. The van der Waals surface area contributed by atoms with Gasteiger partial charge in [0.15, 0.2) is 11.2 Å². The first-order valence-electron chi connectivity index (χ1n) is 8.89. The molecule has 0 aliphatic carbocycles. The lowest BCUT2D eigenvalue weighted by atomic mass is 10.1. The number of hydrogen-bond acceptors (Lipinski definition) is 5. The van der Waals surface area contributed by atoms with Gasteiger partial charge >= 0.3 is 5.69 Å². The van der Waals surface area contributed by atoms with Crippen LogP contribution in [-0.2, 0) is 13.1 Å². The largest absolute Gasteiger partial charge is 0.497 e. The zero-order valence-corrected chi connectivity index (χ0v) is 15.6. The van der Waals surface area contributed by atoms with E-state index in [2.05, 4.69) is 16.0 Å². The molecular weight excluding hydrogens is 370 g/mol. The monoisotopic (exact) mass is 387 g/mol. The van der Waals surface area contributed by atoms with E-state index < -0.39 is 11.2 Å². The molecule has 8 heteroatoms. The average molecular weight is 387 g/mol. The molecule has 0 atom stereocenters. The highest BCUT2D eigenvalue weighted by Crippen LogP contribution is 2.14. The number of nitrogens with one attached hydrogen (secondary N) is 1. The van der Waals surface area contributed by atoms with E-state index in [1.807, 2.05) is 24.3 Å². The summed E-state index contributed by atoms with van der Waals surface area (Å²) in [5, 5.41) is 9.27. The van der Waals surface area contributed by atoms with Gasteiger partial charge in [-0.2, -0.15) is 5.26 Å². The average Bonchev–Trinajstić information content (AvgIpc) is 3.14. The smallest absolute Gasteiger partial charge is 0.330 e. The Labute approximate surface area is 165 Å². The van der Waals surface area contributed by atoms with Crippen LogP contribution in [0.3, 0.4) is 0 Å². The normalized spacial score (nSPS) is 10.8. The van der Waals surface area contributed by atoms with Crippen molar-refractivity contribution in [1.29, 1.82) is 5.26 Å². The summed E-state index contributed by atoms with van der Waals surface area (Å²) in [6, 6.07) is 16.5. The topological polar surface area (TPSA) is 106 Å². The third-order valence-electron chi connectivity index (χ3n) is 4.73. The summed E-state index contributed by atoms with van der Waals surface area (Å²) in [6.07, 6.45) is 1.53. The van der Waals surface area contributed by atoms with Crippen molar-refractivity contribution in [3.8, 4) is 11.8 Å². The highest BCUT2D eigenvalue weighted by molar-refractivity contribution is 5.69. The molecule has 0 bridgehead atoms. The number of methoxy groups -OCH3 is 1. The first-order valence-corrected chi connectivity index (χ1v) is 8.89. The van der Waals surface area contributed by atoms with Gasteiger partial charge in [0.1, 0.15) is 5.75 Å². The summed E-state index contributed by atoms with van der Waals surface area (Å²) in [7, 11) is 1.60. The van der Waals surface area contributed by atoms with Crippen LogP contribution in [0.2, 0.25) is 0 Å². The molecule has 0 aliphatic heterocycles. The van der Waals surface area contributed by atoms with Gasteiger partial charge in [0.25, 0.3) is 5.56 Å². The highest BCUT2D eigenvalue weighted by Gasteiger charge is 2.15. The Bertz CT molecular complexity index is 1340. The van der Waals surface area contributed by atoms with E-state index in [-0.39, 0.29) is 12.2 Å². The van der Waals surface area contributed by atoms with Crippen molar-refractivity contribution in [3.05, 3.63) is 92.4 Å². The van der Waals surface area contributed by atoms with Crippen LogP contribution in [0.15, 0.2) is 64.4 Å². The molecule has 29 heavy (non-hydrogen) atoms. The lowest BCUT2D eigenvalue weighted by molar-refractivity contribution is 0.414. The zero-order valence-electron chi connectivity index (χ0n) is 15.6. The minimum absolute atomic E-state index is 0.00154. The molecule has 0 fully saturated rings. The Morgan fingerprint density at radius 2 is 1.86 bits per heavy atom. The second kappa shape index (κ2) is 7.48. The lowest BCUT2D eigenvalue weighted by Gasteiger charge is -2.09. The van der Waals surface area contributed by atoms with Crippen molar-refractivity contribution in [2.24, 2.45) is 0 Å². The Kier molecular flexibility index (Phi) is 4.71. The maximum absolute atomic E-state index is 13.1. The molecule has 0 saturated carbocycles. The lowest BCUT2D eigenvalue weighted by Crippen LogP contribution is -2.36. The molecule has 1 N–H and O–H groups in total. The minimum Gasteiger partial charge on any atom is -0.497 e. The van der Waals surface area contributed by atoms with Gasteiger partial charge in [-0.1, -0.05) is 30.3 Å². The number of fused-ring (bicyclic) bond motifs is 1. The molecular formula is C21H17N5O3. The van der Waals surface area contributed by atoms with Gasteiger partial charge in [0.05, 0.1) is 31.6 Å². The van der Waals surface area contributed by atoms with Gasteiger partial charge in [0, 0.05) is 6.54 Å². The number of aromatic amines is 1. The third-order valence-corrected chi connectivity index (χ3v) is 4.73. The first kappa shape index (κ1) is 18.3. The number of hydrogen-bond donors (Lipinski definition) is 1. The second-order valence-electron chi connectivity index (χ2n) is 6.51. The summed E-state index contributed by atoms with van der Waals surface area (Å²) in [5.74, 6) is 0.743. The van der Waals surface area contributed by atoms with E-state index >= 15 is 0 Å². The molecule has 2 heterocycles. The zero-order chi connectivity index (χ0) is 20.4. The van der Waals surface area contributed by atoms with Crippen LogP contribution in [0.1, 0.15) is 16.7 Å². The Balaban J connectivity index is 1.77. The second-order valence-corrected chi connectivity index (χ2v) is 6.51. The molecule has 0 aliphatic rings. The number of rotatable bonds is 5. The van der Waals surface area contributed by atoms with Crippen LogP contribution in [-0.4, -0.2) is 26.2 Å². The summed E-state index contributed by atoms with van der Waals surface area (Å²) >= 11 is 0. The molecule has 4 rings (SSSR count). The summed E-state index contributed by atoms with van der Waals surface area (Å²) < 4.78 is 7.95. The van der Waals surface area contributed by atoms with E-state index in [1.54, 1.807) is 35.9 Å². The standard InChI is InChI=1S/C21H17N5O3/c1-29-17-8-6-14(7-9-17)11-25-13-23-19-18(25)20(27)26(21(28)24-19)12-16-5-3-2-4-15(16)10-22/h2-9,13H,11-12H2,1H3,(H,24,28). The number of ether oxygens (including phenoxy) is 1. The molecule has 2 aromatic carbocycles. The van der Waals surface area contributed by atoms with Crippen molar-refractivity contribution in [1.82, 2.24) is 19.1 Å². The number of aromatic nitrogens is 4. The molecule has 4 aromatic rings. The van der Waals surface area contributed by atoms with Crippen LogP contribution in [0.25, 0.3) is 11.2 Å².